The van der Waals surface area contributed by atoms with Gasteiger partial charge in [0.1, 0.15) is 5.60 Å². The molecule has 21 heavy (non-hydrogen) atoms. The molecule has 1 aromatic rings. The number of amides is 1. The lowest BCUT2D eigenvalue weighted by molar-refractivity contribution is -0.136. The van der Waals surface area contributed by atoms with E-state index >= 15 is 0 Å². The third-order valence-electron chi connectivity index (χ3n) is 1.99. The molecule has 0 aliphatic rings. The van der Waals surface area contributed by atoms with Gasteiger partial charge in [-0.15, -0.1) is 11.3 Å². The summed E-state index contributed by atoms with van der Waals surface area (Å²) in [7, 11) is 0. The van der Waals surface area contributed by atoms with Crippen LogP contribution in [-0.4, -0.2) is 29.3 Å². The highest BCUT2D eigenvalue weighted by molar-refractivity contribution is 7.14. The van der Waals surface area contributed by atoms with E-state index in [0.717, 1.165) is 16.9 Å². The molecule has 0 spiro atoms. The number of esters is 1. The predicted molar refractivity (Wildman–Crippen MR) is 82.4 cm³/mol. The van der Waals surface area contributed by atoms with Gasteiger partial charge in [0.25, 0.3) is 0 Å². The van der Waals surface area contributed by atoms with Gasteiger partial charge < -0.3 is 9.47 Å². The van der Waals surface area contributed by atoms with Crippen LogP contribution in [-0.2, 0) is 14.3 Å². The SMILES string of the molecule is CCOC(=O)/C(=C/Cl)c1csc(NC(=O)OC(C)(C)C)n1. The van der Waals surface area contributed by atoms with Crippen molar-refractivity contribution in [1.82, 2.24) is 4.98 Å². The maximum atomic E-state index is 11.7. The predicted octanol–water partition coefficient (Wildman–Crippen LogP) is 3.63. The van der Waals surface area contributed by atoms with Crippen molar-refractivity contribution in [1.29, 1.82) is 0 Å². The monoisotopic (exact) mass is 332 g/mol. The van der Waals surface area contributed by atoms with Crippen molar-refractivity contribution in [3.8, 4) is 0 Å². The number of hydrogen-bond donors (Lipinski definition) is 1. The third kappa shape index (κ3) is 5.73. The third-order valence-corrected chi connectivity index (χ3v) is 2.97. The van der Waals surface area contributed by atoms with E-state index in [1.807, 2.05) is 0 Å². The van der Waals surface area contributed by atoms with E-state index in [9.17, 15) is 9.59 Å². The summed E-state index contributed by atoms with van der Waals surface area (Å²) >= 11 is 6.78. The van der Waals surface area contributed by atoms with Crippen molar-refractivity contribution in [2.45, 2.75) is 33.3 Å². The van der Waals surface area contributed by atoms with Gasteiger partial charge in [-0.1, -0.05) is 11.6 Å². The molecular formula is C13H17ClN2O4S. The lowest BCUT2D eigenvalue weighted by atomic mass is 10.2. The first-order valence-electron chi connectivity index (χ1n) is 6.20. The van der Waals surface area contributed by atoms with Gasteiger partial charge in [-0.25, -0.2) is 14.6 Å². The number of carbonyl (C=O) groups excluding carboxylic acids is 2. The minimum absolute atomic E-state index is 0.131. The smallest absolute Gasteiger partial charge is 0.413 e. The number of nitrogens with one attached hydrogen (secondary N) is 1. The quantitative estimate of drug-likeness (QED) is 0.673. The van der Waals surface area contributed by atoms with Crippen LogP contribution in [0.15, 0.2) is 10.9 Å². The van der Waals surface area contributed by atoms with E-state index < -0.39 is 17.7 Å². The Morgan fingerprint density at radius 3 is 2.67 bits per heavy atom. The maximum absolute atomic E-state index is 11.7. The lowest BCUT2D eigenvalue weighted by Gasteiger charge is -2.18. The highest BCUT2D eigenvalue weighted by Crippen LogP contribution is 2.23. The minimum atomic E-state index is -0.615. The molecule has 1 heterocycles. The van der Waals surface area contributed by atoms with Crippen LogP contribution in [0.1, 0.15) is 33.4 Å². The van der Waals surface area contributed by atoms with Crippen molar-refractivity contribution < 1.29 is 19.1 Å². The molecule has 0 radical (unpaired) electrons. The second-order valence-electron chi connectivity index (χ2n) is 4.91. The van der Waals surface area contributed by atoms with Crippen LogP contribution in [0.2, 0.25) is 0 Å². The molecule has 1 aromatic heterocycles. The topological polar surface area (TPSA) is 77.5 Å². The number of aromatic nitrogens is 1. The first kappa shape index (κ1) is 17.5. The molecular weight excluding hydrogens is 316 g/mol. The Bertz CT molecular complexity index is 549. The van der Waals surface area contributed by atoms with Gasteiger partial charge in [-0.05, 0) is 27.7 Å². The van der Waals surface area contributed by atoms with Crippen LogP contribution >= 0.6 is 22.9 Å². The molecule has 0 fully saturated rings. The first-order chi connectivity index (χ1) is 9.76. The Labute approximate surface area is 132 Å². The number of thiazole rings is 1. The Balaban J connectivity index is 2.77. The molecule has 0 aliphatic heterocycles. The van der Waals surface area contributed by atoms with E-state index in [0.29, 0.717) is 10.8 Å². The molecule has 0 atom stereocenters. The van der Waals surface area contributed by atoms with Crippen LogP contribution in [0.3, 0.4) is 0 Å². The highest BCUT2D eigenvalue weighted by Gasteiger charge is 2.19. The van der Waals surface area contributed by atoms with Crippen molar-refractivity contribution in [3.05, 3.63) is 16.6 Å². The average Bonchev–Trinajstić information content (AvgIpc) is 2.76. The summed E-state index contributed by atoms with van der Waals surface area (Å²) in [5.74, 6) is -0.568. The molecule has 6 nitrogen and oxygen atoms in total. The van der Waals surface area contributed by atoms with Crippen LogP contribution in [0.5, 0.6) is 0 Å². The largest absolute Gasteiger partial charge is 0.462 e. The normalized spacial score (nSPS) is 12.0. The second kappa shape index (κ2) is 7.42. The van der Waals surface area contributed by atoms with E-state index in [2.05, 4.69) is 10.3 Å². The highest BCUT2D eigenvalue weighted by atomic mass is 35.5. The molecule has 0 aliphatic carbocycles. The molecule has 116 valence electrons. The summed E-state index contributed by atoms with van der Waals surface area (Å²) in [5, 5.41) is 4.39. The zero-order valence-electron chi connectivity index (χ0n) is 12.2. The Morgan fingerprint density at radius 2 is 2.14 bits per heavy atom. The fourth-order valence-corrected chi connectivity index (χ4v) is 2.16. The number of hydrogen-bond acceptors (Lipinski definition) is 6. The molecule has 0 saturated heterocycles. The van der Waals surface area contributed by atoms with Gasteiger partial charge in [0.2, 0.25) is 0 Å². The minimum Gasteiger partial charge on any atom is -0.462 e. The molecule has 1 N–H and O–H groups in total. The zero-order valence-corrected chi connectivity index (χ0v) is 13.8. The molecule has 8 heteroatoms. The Morgan fingerprint density at radius 1 is 1.48 bits per heavy atom. The first-order valence-corrected chi connectivity index (χ1v) is 7.52. The van der Waals surface area contributed by atoms with Crippen molar-refractivity contribution in [2.75, 3.05) is 11.9 Å². The van der Waals surface area contributed by atoms with Gasteiger partial charge >= 0.3 is 12.1 Å². The molecule has 0 unspecified atom stereocenters. The summed E-state index contributed by atoms with van der Waals surface area (Å²) in [5.41, 5.74) is 0.965. The second-order valence-corrected chi connectivity index (χ2v) is 5.98. The fraction of sp³-hybridized carbons (Fsp3) is 0.462. The van der Waals surface area contributed by atoms with Gasteiger partial charge in [0.05, 0.1) is 17.9 Å². The number of anilines is 1. The van der Waals surface area contributed by atoms with Gasteiger partial charge in [-0.3, -0.25) is 5.32 Å². The molecule has 0 saturated carbocycles. The summed E-state index contributed by atoms with van der Waals surface area (Å²) in [6, 6.07) is 0. The van der Waals surface area contributed by atoms with Gasteiger partial charge in [0, 0.05) is 10.9 Å². The number of rotatable bonds is 4. The number of carbonyl (C=O) groups is 2. The molecule has 0 aromatic carbocycles. The van der Waals surface area contributed by atoms with E-state index in [1.54, 1.807) is 33.1 Å². The Kier molecular flexibility index (Phi) is 6.17. The Hall–Kier alpha value is -1.60. The van der Waals surface area contributed by atoms with Crippen LogP contribution in [0.25, 0.3) is 5.57 Å². The fourth-order valence-electron chi connectivity index (χ4n) is 1.26. The number of ether oxygens (including phenoxy) is 2. The van der Waals surface area contributed by atoms with Gasteiger partial charge in [0.15, 0.2) is 5.13 Å². The number of halogens is 1. The molecule has 1 amide bonds. The van der Waals surface area contributed by atoms with Gasteiger partial charge in [-0.2, -0.15) is 0 Å². The summed E-state index contributed by atoms with van der Waals surface area (Å²) < 4.78 is 9.97. The van der Waals surface area contributed by atoms with E-state index in [1.165, 1.54) is 0 Å². The zero-order chi connectivity index (χ0) is 16.0. The molecule has 0 bridgehead atoms. The van der Waals surface area contributed by atoms with E-state index in [-0.39, 0.29) is 12.2 Å². The van der Waals surface area contributed by atoms with Crippen LogP contribution in [0, 0.1) is 0 Å². The lowest BCUT2D eigenvalue weighted by Crippen LogP contribution is -2.27. The van der Waals surface area contributed by atoms with Crippen molar-refractivity contribution >= 4 is 45.7 Å². The van der Waals surface area contributed by atoms with E-state index in [4.69, 9.17) is 21.1 Å². The van der Waals surface area contributed by atoms with Crippen molar-refractivity contribution in [3.63, 3.8) is 0 Å². The maximum Gasteiger partial charge on any atom is 0.413 e. The molecule has 1 rings (SSSR count). The van der Waals surface area contributed by atoms with Crippen LogP contribution in [0.4, 0.5) is 9.93 Å². The van der Waals surface area contributed by atoms with Crippen molar-refractivity contribution in [2.24, 2.45) is 0 Å². The summed E-state index contributed by atoms with van der Waals surface area (Å²) in [6.07, 6.45) is -0.615. The van der Waals surface area contributed by atoms with Crippen LogP contribution < -0.4 is 5.32 Å². The number of nitrogens with zero attached hydrogens (tertiary/aromatic N) is 1. The average molecular weight is 333 g/mol. The standard InChI is InChI=1S/C13H17ClN2O4S/c1-5-19-10(17)8(6-14)9-7-21-11(15-9)16-12(18)20-13(2,3)4/h6-7H,5H2,1-4H3,(H,15,16,18)/b8-6+. The summed E-state index contributed by atoms with van der Waals surface area (Å²) in [4.78, 5) is 27.4. The summed E-state index contributed by atoms with van der Waals surface area (Å²) in [6.45, 7) is 7.21.